The van der Waals surface area contributed by atoms with Crippen molar-refractivity contribution >= 4 is 5.97 Å². The number of carbonyl (C=O) groups excluding carboxylic acids is 1. The van der Waals surface area contributed by atoms with Crippen molar-refractivity contribution in [2.24, 2.45) is 0 Å². The molecule has 0 unspecified atom stereocenters. The minimum Gasteiger partial charge on any atom is -0.469 e. The van der Waals surface area contributed by atoms with Crippen LogP contribution in [0.3, 0.4) is 0 Å². The molecule has 1 heterocycles. The van der Waals surface area contributed by atoms with Gasteiger partial charge in [0, 0.05) is 0 Å². The van der Waals surface area contributed by atoms with Crippen LogP contribution in [0, 0.1) is 0 Å². The fraction of sp³-hybridized carbons (Fsp3) is 0.500. The maximum Gasteiger partial charge on any atom is 0.308 e. The van der Waals surface area contributed by atoms with Crippen molar-refractivity contribution in [3.63, 3.8) is 0 Å². The van der Waals surface area contributed by atoms with Gasteiger partial charge < -0.3 is 9.47 Å². The fourth-order valence-electron chi connectivity index (χ4n) is 3.28. The van der Waals surface area contributed by atoms with Crippen molar-refractivity contribution in [2.75, 3.05) is 7.11 Å². The zero-order valence-electron chi connectivity index (χ0n) is 13.1. The molecule has 1 aliphatic heterocycles. The Morgan fingerprint density at radius 3 is 2.52 bits per heavy atom. The second-order valence-electron chi connectivity index (χ2n) is 6.30. The maximum atomic E-state index is 11.9. The van der Waals surface area contributed by atoms with Crippen molar-refractivity contribution in [1.82, 2.24) is 0 Å². The molecule has 2 atom stereocenters. The number of ether oxygens (including phenoxy) is 2. The van der Waals surface area contributed by atoms with Crippen LogP contribution < -0.4 is 0 Å². The quantitative estimate of drug-likeness (QED) is 0.607. The monoisotopic (exact) mass is 288 g/mol. The molecule has 0 aliphatic carbocycles. The highest BCUT2D eigenvalue weighted by Crippen LogP contribution is 2.48. The van der Waals surface area contributed by atoms with E-state index < -0.39 is 5.60 Å². The Kier molecular flexibility index (Phi) is 4.52. The van der Waals surface area contributed by atoms with E-state index in [2.05, 4.69) is 13.5 Å². The standard InChI is InChI=1S/C18H24O3/c1-14(2)12-17(3)10-11-18(21-17,13-16(19)20-4)15-8-6-5-7-9-15/h5-9H,1,10-13H2,2-4H3/t17-,18+/m1/s1. The molecule has 3 nitrogen and oxygen atoms in total. The van der Waals surface area contributed by atoms with Crippen molar-refractivity contribution in [1.29, 1.82) is 0 Å². The Labute approximate surface area is 127 Å². The van der Waals surface area contributed by atoms with Crippen molar-refractivity contribution in [2.45, 2.75) is 50.7 Å². The minimum absolute atomic E-state index is 0.238. The normalized spacial score (nSPS) is 28.3. The SMILES string of the molecule is C=C(C)C[C@@]1(C)CC[C@](CC(=O)OC)(c2ccccc2)O1. The topological polar surface area (TPSA) is 35.5 Å². The predicted molar refractivity (Wildman–Crippen MR) is 82.9 cm³/mol. The van der Waals surface area contributed by atoms with E-state index in [4.69, 9.17) is 9.47 Å². The van der Waals surface area contributed by atoms with Crippen molar-refractivity contribution < 1.29 is 14.3 Å². The first-order valence-electron chi connectivity index (χ1n) is 7.36. The number of hydrogen-bond acceptors (Lipinski definition) is 3. The van der Waals surface area contributed by atoms with E-state index in [1.165, 1.54) is 7.11 Å². The van der Waals surface area contributed by atoms with Gasteiger partial charge in [-0.1, -0.05) is 35.9 Å². The first-order chi connectivity index (χ1) is 9.89. The summed E-state index contributed by atoms with van der Waals surface area (Å²) in [6.07, 6.45) is 2.78. The summed E-state index contributed by atoms with van der Waals surface area (Å²) in [7, 11) is 1.42. The summed E-state index contributed by atoms with van der Waals surface area (Å²) in [5.41, 5.74) is 1.29. The summed E-state index contributed by atoms with van der Waals surface area (Å²) >= 11 is 0. The summed E-state index contributed by atoms with van der Waals surface area (Å²) in [6.45, 7) is 8.10. The molecular formula is C18H24O3. The van der Waals surface area contributed by atoms with Crippen LogP contribution in [-0.4, -0.2) is 18.7 Å². The molecule has 1 aliphatic rings. The molecule has 0 saturated carbocycles. The molecule has 1 fully saturated rings. The van der Waals surface area contributed by atoms with Gasteiger partial charge in [-0.05, 0) is 38.7 Å². The lowest BCUT2D eigenvalue weighted by molar-refractivity contribution is -0.154. The molecule has 0 N–H and O–H groups in total. The minimum atomic E-state index is -0.585. The number of carbonyl (C=O) groups is 1. The number of benzene rings is 1. The van der Waals surface area contributed by atoms with E-state index in [0.717, 1.165) is 30.4 Å². The molecule has 1 aromatic carbocycles. The van der Waals surface area contributed by atoms with E-state index in [9.17, 15) is 4.79 Å². The van der Waals surface area contributed by atoms with Crippen LogP contribution in [0.5, 0.6) is 0 Å². The number of methoxy groups -OCH3 is 1. The first-order valence-corrected chi connectivity index (χ1v) is 7.36. The summed E-state index contributed by atoms with van der Waals surface area (Å²) in [5, 5.41) is 0. The third kappa shape index (κ3) is 3.53. The van der Waals surface area contributed by atoms with Crippen LogP contribution in [-0.2, 0) is 19.9 Å². The molecule has 3 heteroatoms. The fourth-order valence-corrected chi connectivity index (χ4v) is 3.28. The number of esters is 1. The van der Waals surface area contributed by atoms with Gasteiger partial charge in [0.05, 0.1) is 19.1 Å². The Bertz CT molecular complexity index is 523. The number of rotatable bonds is 5. The zero-order chi connectivity index (χ0) is 15.5. The lowest BCUT2D eigenvalue weighted by Gasteiger charge is -2.33. The van der Waals surface area contributed by atoms with Gasteiger partial charge in [0.25, 0.3) is 0 Å². The van der Waals surface area contributed by atoms with Crippen LogP contribution >= 0.6 is 0 Å². The van der Waals surface area contributed by atoms with Gasteiger partial charge in [0.15, 0.2) is 0 Å². The molecule has 2 rings (SSSR count). The molecule has 21 heavy (non-hydrogen) atoms. The first kappa shape index (κ1) is 15.8. The molecule has 114 valence electrons. The van der Waals surface area contributed by atoms with Crippen LogP contribution in [0.25, 0.3) is 0 Å². The third-order valence-corrected chi connectivity index (χ3v) is 4.13. The smallest absolute Gasteiger partial charge is 0.308 e. The van der Waals surface area contributed by atoms with E-state index in [-0.39, 0.29) is 18.0 Å². The lowest BCUT2D eigenvalue weighted by Crippen LogP contribution is -2.34. The molecule has 0 aromatic heterocycles. The molecule has 0 amide bonds. The maximum absolute atomic E-state index is 11.9. The van der Waals surface area contributed by atoms with Crippen LogP contribution in [0.4, 0.5) is 0 Å². The summed E-state index contributed by atoms with van der Waals surface area (Å²) in [4.78, 5) is 11.9. The second kappa shape index (κ2) is 6.02. The molecule has 0 bridgehead atoms. The Balaban J connectivity index is 2.31. The average molecular weight is 288 g/mol. The summed E-state index contributed by atoms with van der Waals surface area (Å²) in [5.74, 6) is -0.238. The van der Waals surface area contributed by atoms with Gasteiger partial charge >= 0.3 is 5.97 Å². The molecule has 1 saturated heterocycles. The van der Waals surface area contributed by atoms with E-state index in [1.54, 1.807) is 0 Å². The summed E-state index contributed by atoms with van der Waals surface area (Å²) < 4.78 is 11.3. The van der Waals surface area contributed by atoms with Crippen LogP contribution in [0.2, 0.25) is 0 Å². The van der Waals surface area contributed by atoms with Crippen molar-refractivity contribution in [3.8, 4) is 0 Å². The highest BCUT2D eigenvalue weighted by Gasteiger charge is 2.48. The second-order valence-corrected chi connectivity index (χ2v) is 6.30. The van der Waals surface area contributed by atoms with Gasteiger partial charge in [-0.15, -0.1) is 6.58 Å². The summed E-state index contributed by atoms with van der Waals surface area (Å²) in [6, 6.07) is 9.97. The Morgan fingerprint density at radius 1 is 1.29 bits per heavy atom. The Hall–Kier alpha value is -1.61. The Morgan fingerprint density at radius 2 is 1.95 bits per heavy atom. The molecular weight excluding hydrogens is 264 g/mol. The van der Waals surface area contributed by atoms with E-state index >= 15 is 0 Å². The lowest BCUT2D eigenvalue weighted by atomic mass is 9.86. The highest BCUT2D eigenvalue weighted by molar-refractivity contribution is 5.71. The van der Waals surface area contributed by atoms with Gasteiger partial charge in [-0.2, -0.15) is 0 Å². The molecule has 1 aromatic rings. The molecule has 0 spiro atoms. The number of hydrogen-bond donors (Lipinski definition) is 0. The molecule has 0 radical (unpaired) electrons. The van der Waals surface area contributed by atoms with E-state index in [0.29, 0.717) is 0 Å². The third-order valence-electron chi connectivity index (χ3n) is 4.13. The highest BCUT2D eigenvalue weighted by atomic mass is 16.5. The van der Waals surface area contributed by atoms with Crippen molar-refractivity contribution in [3.05, 3.63) is 48.0 Å². The predicted octanol–water partition coefficient (Wildman–Crippen LogP) is 3.98. The van der Waals surface area contributed by atoms with Gasteiger partial charge in [0.2, 0.25) is 0 Å². The average Bonchev–Trinajstić information content (AvgIpc) is 2.77. The van der Waals surface area contributed by atoms with Crippen LogP contribution in [0.15, 0.2) is 42.5 Å². The zero-order valence-corrected chi connectivity index (χ0v) is 13.1. The van der Waals surface area contributed by atoms with Gasteiger partial charge in [-0.3, -0.25) is 4.79 Å². The van der Waals surface area contributed by atoms with Gasteiger partial charge in [-0.25, -0.2) is 0 Å². The largest absolute Gasteiger partial charge is 0.469 e. The van der Waals surface area contributed by atoms with E-state index in [1.807, 2.05) is 37.3 Å². The van der Waals surface area contributed by atoms with Crippen LogP contribution in [0.1, 0.15) is 45.1 Å². The van der Waals surface area contributed by atoms with Gasteiger partial charge in [0.1, 0.15) is 5.60 Å².